The van der Waals surface area contributed by atoms with E-state index >= 15 is 0 Å². The van der Waals surface area contributed by atoms with E-state index in [4.69, 9.17) is 0 Å². The summed E-state index contributed by atoms with van der Waals surface area (Å²) >= 11 is 0. The molecule has 2 saturated heterocycles. The van der Waals surface area contributed by atoms with Crippen LogP contribution in [0.4, 0.5) is 0 Å². The van der Waals surface area contributed by atoms with Gasteiger partial charge in [-0.3, -0.25) is 4.79 Å². The van der Waals surface area contributed by atoms with Crippen molar-refractivity contribution in [3.8, 4) is 0 Å². The molecule has 0 saturated carbocycles. The first kappa shape index (κ1) is 18.4. The predicted molar refractivity (Wildman–Crippen MR) is 99.4 cm³/mol. The van der Waals surface area contributed by atoms with E-state index in [0.29, 0.717) is 19.0 Å². The maximum atomic E-state index is 12.8. The van der Waals surface area contributed by atoms with Crippen LogP contribution < -0.4 is 10.6 Å². The topological polar surface area (TPSA) is 64.6 Å². The summed E-state index contributed by atoms with van der Waals surface area (Å²) in [4.78, 5) is 14.6. The molecule has 2 heterocycles. The number of aryl methyl sites for hydroxylation is 1. The Morgan fingerprint density at radius 2 is 2.00 bits per heavy atom. The number of benzene rings is 1. The fourth-order valence-electron chi connectivity index (χ4n) is 3.90. The minimum absolute atomic E-state index is 0.0896. The van der Waals surface area contributed by atoms with Gasteiger partial charge in [-0.15, -0.1) is 0 Å². The van der Waals surface area contributed by atoms with Gasteiger partial charge in [-0.05, 0) is 57.2 Å². The number of carbonyl (C=O) groups is 1. The Morgan fingerprint density at radius 1 is 1.24 bits per heavy atom. The molecule has 3 rings (SSSR count). The number of carbonyl (C=O) groups excluding carboxylic acids is 1. The zero-order valence-corrected chi connectivity index (χ0v) is 15.0. The van der Waals surface area contributed by atoms with E-state index in [1.165, 1.54) is 5.56 Å². The molecule has 0 bridgehead atoms. The van der Waals surface area contributed by atoms with Crippen molar-refractivity contribution in [3.05, 3.63) is 35.9 Å². The molecule has 1 aromatic carbocycles. The van der Waals surface area contributed by atoms with Crippen LogP contribution in [0, 0.1) is 0 Å². The first-order valence-electron chi connectivity index (χ1n) is 9.67. The molecule has 5 heteroatoms. The lowest BCUT2D eigenvalue weighted by Crippen LogP contribution is -2.59. The van der Waals surface area contributed by atoms with Crippen molar-refractivity contribution in [2.24, 2.45) is 0 Å². The summed E-state index contributed by atoms with van der Waals surface area (Å²) in [6.07, 6.45) is 5.47. The van der Waals surface area contributed by atoms with Crippen LogP contribution in [0.2, 0.25) is 0 Å². The molecule has 0 spiro atoms. The van der Waals surface area contributed by atoms with Crippen LogP contribution in [-0.2, 0) is 11.2 Å². The summed E-state index contributed by atoms with van der Waals surface area (Å²) in [7, 11) is 0. The van der Waals surface area contributed by atoms with Gasteiger partial charge in [0.15, 0.2) is 5.60 Å². The number of likely N-dealkylation sites (tertiary alicyclic amines) is 1. The van der Waals surface area contributed by atoms with Crippen molar-refractivity contribution in [1.29, 1.82) is 0 Å². The third-order valence-electron chi connectivity index (χ3n) is 5.46. The number of nitrogens with one attached hydrogen (secondary N) is 2. The highest BCUT2D eigenvalue weighted by molar-refractivity contribution is 5.86. The van der Waals surface area contributed by atoms with Gasteiger partial charge in [0.05, 0.1) is 0 Å². The fraction of sp³-hybridized carbons (Fsp3) is 0.650. The van der Waals surface area contributed by atoms with Crippen LogP contribution >= 0.6 is 0 Å². The lowest BCUT2D eigenvalue weighted by molar-refractivity contribution is -0.156. The minimum Gasteiger partial charge on any atom is -0.379 e. The summed E-state index contributed by atoms with van der Waals surface area (Å²) in [5.74, 6) is -0.0896. The molecule has 0 unspecified atom stereocenters. The number of amides is 1. The van der Waals surface area contributed by atoms with Crippen molar-refractivity contribution in [2.75, 3.05) is 32.7 Å². The van der Waals surface area contributed by atoms with Crippen LogP contribution in [0.3, 0.4) is 0 Å². The molecule has 0 radical (unpaired) electrons. The van der Waals surface area contributed by atoms with Crippen molar-refractivity contribution in [3.63, 3.8) is 0 Å². The Labute approximate surface area is 150 Å². The highest BCUT2D eigenvalue weighted by Gasteiger charge is 2.42. The van der Waals surface area contributed by atoms with E-state index in [-0.39, 0.29) is 5.91 Å². The molecule has 0 aliphatic carbocycles. The largest absolute Gasteiger partial charge is 0.379 e. The third-order valence-corrected chi connectivity index (χ3v) is 5.46. The van der Waals surface area contributed by atoms with E-state index in [0.717, 1.165) is 58.3 Å². The van der Waals surface area contributed by atoms with Gasteiger partial charge in [-0.25, -0.2) is 0 Å². The Balaban J connectivity index is 1.47. The Kier molecular flexibility index (Phi) is 6.45. The molecular weight excluding hydrogens is 314 g/mol. The second kappa shape index (κ2) is 8.79. The standard InChI is InChI=1S/C20H31N3O2/c24-19-20(25,16-22-18-9-12-21-13-10-18)11-5-15-23(19)14-4-8-17-6-2-1-3-7-17/h1-3,6-7,18,21-22,25H,4-5,8-16H2/t20-/m1/s1. The van der Waals surface area contributed by atoms with Gasteiger partial charge in [-0.1, -0.05) is 30.3 Å². The highest BCUT2D eigenvalue weighted by atomic mass is 16.3. The Hall–Kier alpha value is -1.43. The number of nitrogens with zero attached hydrogens (tertiary/aromatic N) is 1. The maximum absolute atomic E-state index is 12.8. The Bertz CT molecular complexity index is 545. The molecule has 1 atom stereocenters. The molecule has 5 nitrogen and oxygen atoms in total. The second-order valence-corrected chi connectivity index (χ2v) is 7.42. The number of rotatable bonds is 7. The normalized spacial score (nSPS) is 25.3. The number of hydrogen-bond donors (Lipinski definition) is 3. The van der Waals surface area contributed by atoms with E-state index in [1.807, 2.05) is 23.1 Å². The zero-order chi connectivity index (χ0) is 17.5. The molecule has 2 aliphatic heterocycles. The number of hydrogen-bond acceptors (Lipinski definition) is 4. The van der Waals surface area contributed by atoms with E-state index in [1.54, 1.807) is 0 Å². The van der Waals surface area contributed by atoms with Crippen molar-refractivity contribution < 1.29 is 9.90 Å². The first-order chi connectivity index (χ1) is 12.2. The lowest BCUT2D eigenvalue weighted by Gasteiger charge is -2.39. The minimum atomic E-state index is -1.23. The number of aliphatic hydroxyl groups is 1. The van der Waals surface area contributed by atoms with Crippen LogP contribution in [0.1, 0.15) is 37.7 Å². The van der Waals surface area contributed by atoms with E-state index in [9.17, 15) is 9.90 Å². The molecule has 138 valence electrons. The fourth-order valence-corrected chi connectivity index (χ4v) is 3.90. The third kappa shape index (κ3) is 5.03. The maximum Gasteiger partial charge on any atom is 0.255 e. The molecule has 25 heavy (non-hydrogen) atoms. The van der Waals surface area contributed by atoms with Crippen LogP contribution in [0.25, 0.3) is 0 Å². The lowest BCUT2D eigenvalue weighted by atomic mass is 9.90. The first-order valence-corrected chi connectivity index (χ1v) is 9.67. The van der Waals surface area contributed by atoms with Crippen molar-refractivity contribution in [2.45, 2.75) is 50.2 Å². The quantitative estimate of drug-likeness (QED) is 0.697. The van der Waals surface area contributed by atoms with Gasteiger partial charge in [0.2, 0.25) is 0 Å². The van der Waals surface area contributed by atoms with Gasteiger partial charge in [-0.2, -0.15) is 0 Å². The van der Waals surface area contributed by atoms with Crippen molar-refractivity contribution >= 4 is 5.91 Å². The summed E-state index contributed by atoms with van der Waals surface area (Å²) in [6.45, 7) is 3.89. The number of piperidine rings is 2. The monoisotopic (exact) mass is 345 g/mol. The Morgan fingerprint density at radius 3 is 2.76 bits per heavy atom. The molecule has 2 aliphatic rings. The zero-order valence-electron chi connectivity index (χ0n) is 15.0. The van der Waals surface area contributed by atoms with Gasteiger partial charge in [0.1, 0.15) is 0 Å². The van der Waals surface area contributed by atoms with E-state index < -0.39 is 5.60 Å². The smallest absolute Gasteiger partial charge is 0.255 e. The molecule has 3 N–H and O–H groups in total. The van der Waals surface area contributed by atoms with Gasteiger partial charge in [0.25, 0.3) is 5.91 Å². The highest BCUT2D eigenvalue weighted by Crippen LogP contribution is 2.23. The molecule has 0 aromatic heterocycles. The van der Waals surface area contributed by atoms with Crippen LogP contribution in [-0.4, -0.2) is 60.3 Å². The summed E-state index contributed by atoms with van der Waals surface area (Å²) in [5.41, 5.74) is 0.0744. The molecule has 2 fully saturated rings. The summed E-state index contributed by atoms with van der Waals surface area (Å²) in [5, 5.41) is 17.7. The second-order valence-electron chi connectivity index (χ2n) is 7.42. The molecule has 1 aromatic rings. The predicted octanol–water partition coefficient (Wildman–Crippen LogP) is 1.31. The summed E-state index contributed by atoms with van der Waals surface area (Å²) < 4.78 is 0. The van der Waals surface area contributed by atoms with Gasteiger partial charge < -0.3 is 20.6 Å². The van der Waals surface area contributed by atoms with Crippen LogP contribution in [0.5, 0.6) is 0 Å². The average molecular weight is 345 g/mol. The van der Waals surface area contributed by atoms with E-state index in [2.05, 4.69) is 22.8 Å². The molecular formula is C20H31N3O2. The summed E-state index contributed by atoms with van der Waals surface area (Å²) in [6, 6.07) is 10.8. The van der Waals surface area contributed by atoms with Crippen molar-refractivity contribution in [1.82, 2.24) is 15.5 Å². The van der Waals surface area contributed by atoms with Gasteiger partial charge in [0, 0.05) is 25.7 Å². The van der Waals surface area contributed by atoms with Gasteiger partial charge >= 0.3 is 0 Å². The SMILES string of the molecule is O=C1N(CCCc2ccccc2)CCC[C@@]1(O)CNC1CCNCC1. The van der Waals surface area contributed by atoms with Crippen LogP contribution in [0.15, 0.2) is 30.3 Å². The molecule has 1 amide bonds. The average Bonchev–Trinajstić information content (AvgIpc) is 2.66.